The van der Waals surface area contributed by atoms with Crippen molar-refractivity contribution in [2.45, 2.75) is 110 Å². The third kappa shape index (κ3) is 24.8. The molecule has 0 aliphatic rings. The molecule has 0 saturated carbocycles. The molecule has 0 aliphatic carbocycles. The normalized spacial score (nSPS) is 11.2. The van der Waals surface area contributed by atoms with Gasteiger partial charge in [0, 0.05) is 0 Å². The molecule has 0 unspecified atom stereocenters. The fraction of sp³-hybridized carbons (Fsp3) is 0.583. The molecule has 0 aliphatic heterocycles. The maximum atomic E-state index is 11.8. The van der Waals surface area contributed by atoms with Crippen molar-refractivity contribution >= 4 is 11.9 Å². The molecule has 342 valence electrons. The highest BCUT2D eigenvalue weighted by molar-refractivity contribution is 6.01. The van der Waals surface area contributed by atoms with Crippen molar-refractivity contribution in [2.24, 2.45) is 0 Å². The largest absolute Gasteiger partial charge is 0.478 e. The van der Waals surface area contributed by atoms with Gasteiger partial charge in [-0.3, -0.25) is 0 Å². The summed E-state index contributed by atoms with van der Waals surface area (Å²) in [5.74, 6) is -3.28. The second-order valence-electron chi connectivity index (χ2n) is 14.5. The van der Waals surface area contributed by atoms with Crippen LogP contribution in [0.3, 0.4) is 0 Å². The zero-order chi connectivity index (χ0) is 44.2. The lowest BCUT2D eigenvalue weighted by atomic mass is 10.0. The van der Waals surface area contributed by atoms with E-state index in [1.54, 1.807) is 0 Å². The van der Waals surface area contributed by atoms with E-state index in [1.807, 2.05) is 36.4 Å². The van der Waals surface area contributed by atoms with Crippen molar-refractivity contribution in [1.29, 1.82) is 0 Å². The van der Waals surface area contributed by atoms with E-state index in [4.69, 9.17) is 48.5 Å². The summed E-state index contributed by atoms with van der Waals surface area (Å²) in [5.41, 5.74) is 1.71. The predicted molar refractivity (Wildman–Crippen MR) is 235 cm³/mol. The SMILES string of the molecule is CCCCCCCCc1ccccc1OC(O)(COCCOCCOCCOCCOCCO)Oc1ccccc1CCCCCCCC.O=C(O)c1ccccc1C(=O)O. The smallest absolute Gasteiger partial charge is 0.394 e. The van der Waals surface area contributed by atoms with Crippen molar-refractivity contribution in [1.82, 2.24) is 0 Å². The van der Waals surface area contributed by atoms with Crippen LogP contribution >= 0.6 is 0 Å². The lowest BCUT2D eigenvalue weighted by Crippen LogP contribution is -2.47. The number of unbranched alkanes of at least 4 members (excludes halogenated alkanes) is 10. The molecule has 3 rings (SSSR count). The number of aromatic carboxylic acids is 2. The van der Waals surface area contributed by atoms with E-state index in [-0.39, 0.29) is 30.9 Å². The molecule has 13 nitrogen and oxygen atoms in total. The van der Waals surface area contributed by atoms with Crippen LogP contribution in [0.2, 0.25) is 0 Å². The van der Waals surface area contributed by atoms with Crippen LogP contribution in [0.4, 0.5) is 0 Å². The first-order chi connectivity index (χ1) is 29.7. The minimum absolute atomic E-state index is 0.0123. The number of rotatable bonds is 36. The maximum Gasteiger partial charge on any atom is 0.394 e. The molecule has 0 radical (unpaired) electrons. The Morgan fingerprint density at radius 1 is 0.475 bits per heavy atom. The molecule has 3 aromatic rings. The fourth-order valence-electron chi connectivity index (χ4n) is 6.24. The number of benzene rings is 3. The van der Waals surface area contributed by atoms with Gasteiger partial charge in [-0.25, -0.2) is 9.59 Å². The van der Waals surface area contributed by atoms with Gasteiger partial charge in [0.2, 0.25) is 0 Å². The summed E-state index contributed by atoms with van der Waals surface area (Å²) in [5, 5.41) is 37.6. The molecule has 0 bridgehead atoms. The molecule has 0 amide bonds. The van der Waals surface area contributed by atoms with E-state index in [0.717, 1.165) is 36.8 Å². The first-order valence-electron chi connectivity index (χ1n) is 22.1. The van der Waals surface area contributed by atoms with Crippen LogP contribution in [-0.4, -0.2) is 111 Å². The number of carbonyl (C=O) groups is 2. The number of carboxylic acid groups (broad SMARTS) is 2. The van der Waals surface area contributed by atoms with Gasteiger partial charge < -0.3 is 53.6 Å². The third-order valence-electron chi connectivity index (χ3n) is 9.48. The van der Waals surface area contributed by atoms with E-state index >= 15 is 0 Å². The van der Waals surface area contributed by atoms with Gasteiger partial charge in [-0.15, -0.1) is 0 Å². The van der Waals surface area contributed by atoms with Crippen molar-refractivity contribution in [3.8, 4) is 11.5 Å². The lowest BCUT2D eigenvalue weighted by Gasteiger charge is -2.30. The lowest BCUT2D eigenvalue weighted by molar-refractivity contribution is -0.297. The highest BCUT2D eigenvalue weighted by atomic mass is 16.8. The minimum atomic E-state index is -2.03. The van der Waals surface area contributed by atoms with Crippen LogP contribution in [0.1, 0.15) is 123 Å². The van der Waals surface area contributed by atoms with Gasteiger partial charge in [-0.1, -0.05) is 127 Å². The first-order valence-corrected chi connectivity index (χ1v) is 22.1. The molecule has 3 aromatic carbocycles. The van der Waals surface area contributed by atoms with Gasteiger partial charge in [0.25, 0.3) is 0 Å². The number of hydrogen-bond acceptors (Lipinski definition) is 11. The molecule has 0 heterocycles. The molecule has 0 fully saturated rings. The quantitative estimate of drug-likeness (QED) is 0.0322. The summed E-state index contributed by atoms with van der Waals surface area (Å²) in [6, 6.07) is 21.2. The van der Waals surface area contributed by atoms with E-state index in [1.165, 1.54) is 88.5 Å². The Hall–Kier alpha value is -4.08. The van der Waals surface area contributed by atoms with E-state index in [2.05, 4.69) is 26.0 Å². The summed E-state index contributed by atoms with van der Waals surface area (Å²) in [7, 11) is 0. The molecule has 0 aromatic heterocycles. The highest BCUT2D eigenvalue weighted by Crippen LogP contribution is 2.29. The van der Waals surface area contributed by atoms with Gasteiger partial charge in [-0.2, -0.15) is 0 Å². The Morgan fingerprint density at radius 3 is 1.21 bits per heavy atom. The number of aliphatic hydroxyl groups is 2. The number of carboxylic acids is 2. The van der Waals surface area contributed by atoms with Gasteiger partial charge >= 0.3 is 17.9 Å². The Balaban J connectivity index is 0.000000912. The number of para-hydroxylation sites is 2. The van der Waals surface area contributed by atoms with Crippen LogP contribution in [0, 0.1) is 0 Å². The topological polar surface area (TPSA) is 180 Å². The summed E-state index contributed by atoms with van der Waals surface area (Å²) in [6.07, 6.45) is 16.3. The van der Waals surface area contributed by atoms with Crippen LogP contribution in [0.25, 0.3) is 0 Å². The molecule has 0 saturated heterocycles. The Morgan fingerprint density at radius 2 is 0.820 bits per heavy atom. The minimum Gasteiger partial charge on any atom is -0.478 e. The Labute approximate surface area is 363 Å². The monoisotopic (exact) mass is 856 g/mol. The number of aryl methyl sites for hydroxylation is 2. The van der Waals surface area contributed by atoms with E-state index in [9.17, 15) is 14.7 Å². The van der Waals surface area contributed by atoms with E-state index < -0.39 is 17.9 Å². The maximum absolute atomic E-state index is 11.8. The molecule has 0 atom stereocenters. The first kappa shape index (κ1) is 53.1. The van der Waals surface area contributed by atoms with Crippen molar-refractivity contribution < 1.29 is 63.2 Å². The highest BCUT2D eigenvalue weighted by Gasteiger charge is 2.35. The van der Waals surface area contributed by atoms with Crippen LogP contribution in [-0.2, 0) is 36.5 Å². The molecule has 4 N–H and O–H groups in total. The van der Waals surface area contributed by atoms with Gasteiger partial charge in [0.15, 0.2) is 6.61 Å². The fourth-order valence-corrected chi connectivity index (χ4v) is 6.24. The predicted octanol–water partition coefficient (Wildman–Crippen LogP) is 8.75. The number of hydrogen-bond donors (Lipinski definition) is 4. The zero-order valence-electron chi connectivity index (χ0n) is 36.6. The Bertz CT molecular complexity index is 1470. The Kier molecular flexibility index (Phi) is 30.0. The zero-order valence-corrected chi connectivity index (χ0v) is 36.6. The van der Waals surface area contributed by atoms with Crippen molar-refractivity contribution in [3.63, 3.8) is 0 Å². The van der Waals surface area contributed by atoms with Crippen LogP contribution < -0.4 is 9.47 Å². The molecular formula is C48H72O13. The summed E-state index contributed by atoms with van der Waals surface area (Å²) < 4.78 is 40.2. The molecular weight excluding hydrogens is 785 g/mol. The average Bonchev–Trinajstić information content (AvgIpc) is 3.26. The third-order valence-corrected chi connectivity index (χ3v) is 9.48. The second-order valence-corrected chi connectivity index (χ2v) is 14.5. The summed E-state index contributed by atoms with van der Waals surface area (Å²) in [4.78, 5) is 20.9. The van der Waals surface area contributed by atoms with E-state index in [0.29, 0.717) is 64.4 Å². The van der Waals surface area contributed by atoms with Gasteiger partial charge in [0.1, 0.15) is 11.5 Å². The summed E-state index contributed by atoms with van der Waals surface area (Å²) >= 11 is 0. The van der Waals surface area contributed by atoms with Gasteiger partial charge in [0.05, 0.1) is 77.2 Å². The van der Waals surface area contributed by atoms with Crippen LogP contribution in [0.15, 0.2) is 72.8 Å². The molecule has 61 heavy (non-hydrogen) atoms. The number of aliphatic hydroxyl groups excluding tert-OH is 1. The standard InChI is InChI=1S/C40H66O9.C8H6O4/c1-3-5-7-9-11-13-19-36-21-15-17-23-38(36)48-40(42,49-39-24-18-16-22-37(39)20-14-12-10-8-6-4-2)35-47-34-33-46-32-31-45-30-29-44-28-27-43-26-25-41;9-7(10)5-3-1-2-4-6(5)8(11)12/h15-18,21-24,41-42H,3-14,19-20,25-35H2,1-2H3;1-4H,(H,9,10)(H,11,12). The number of ether oxygens (including phenoxy) is 7. The van der Waals surface area contributed by atoms with Crippen LogP contribution in [0.5, 0.6) is 11.5 Å². The molecule has 13 heteroatoms. The molecule has 0 spiro atoms. The average molecular weight is 857 g/mol. The van der Waals surface area contributed by atoms with Gasteiger partial charge in [-0.05, 0) is 61.1 Å². The van der Waals surface area contributed by atoms with Crippen molar-refractivity contribution in [2.75, 3.05) is 72.7 Å². The second kappa shape index (κ2) is 34.5. The van der Waals surface area contributed by atoms with Crippen molar-refractivity contribution in [3.05, 3.63) is 95.1 Å². The summed E-state index contributed by atoms with van der Waals surface area (Å²) in [6.45, 7) is 7.89.